The van der Waals surface area contributed by atoms with Crippen molar-refractivity contribution in [2.24, 2.45) is 0 Å². The molecule has 1 heterocycles. The Morgan fingerprint density at radius 3 is 2.74 bits per heavy atom. The molecule has 1 fully saturated rings. The van der Waals surface area contributed by atoms with Gasteiger partial charge in [0.25, 0.3) is 0 Å². The van der Waals surface area contributed by atoms with Gasteiger partial charge in [0.05, 0.1) is 12.6 Å². The van der Waals surface area contributed by atoms with Crippen molar-refractivity contribution in [1.82, 2.24) is 10.3 Å². The van der Waals surface area contributed by atoms with Gasteiger partial charge in [-0.3, -0.25) is 4.79 Å². The Labute approximate surface area is 137 Å². The number of carbonyl (C=O) groups is 2. The van der Waals surface area contributed by atoms with Gasteiger partial charge < -0.3 is 15.4 Å². The Hall–Kier alpha value is -2.11. The second-order valence-electron chi connectivity index (χ2n) is 6.11. The lowest BCUT2D eigenvalue weighted by molar-refractivity contribution is -0.120. The van der Waals surface area contributed by atoms with Crippen LogP contribution in [-0.2, 0) is 9.53 Å². The van der Waals surface area contributed by atoms with Crippen LogP contribution in [-0.4, -0.2) is 35.6 Å². The molecule has 0 atom stereocenters. The predicted molar refractivity (Wildman–Crippen MR) is 88.3 cm³/mol. The molecule has 2 rings (SSSR count). The lowest BCUT2D eigenvalue weighted by Crippen LogP contribution is -2.39. The van der Waals surface area contributed by atoms with E-state index >= 15 is 0 Å². The van der Waals surface area contributed by atoms with E-state index < -0.39 is 5.97 Å². The summed E-state index contributed by atoms with van der Waals surface area (Å²) in [7, 11) is 0. The third-order valence-electron chi connectivity index (χ3n) is 3.76. The fraction of sp³-hybridized carbons (Fsp3) is 0.588. The van der Waals surface area contributed by atoms with Crippen LogP contribution in [0.4, 0.5) is 5.82 Å². The molecule has 0 bridgehead atoms. The predicted octanol–water partition coefficient (Wildman–Crippen LogP) is 2.51. The van der Waals surface area contributed by atoms with Crippen LogP contribution >= 0.6 is 0 Å². The third kappa shape index (κ3) is 5.54. The van der Waals surface area contributed by atoms with Crippen LogP contribution in [0, 0.1) is 0 Å². The molecule has 126 valence electrons. The summed E-state index contributed by atoms with van der Waals surface area (Å²) in [6.45, 7) is 3.67. The Bertz CT molecular complexity index is 540. The normalized spacial score (nSPS) is 15.3. The summed E-state index contributed by atoms with van der Waals surface area (Å²) in [5, 5.41) is 5.96. The minimum atomic E-state index is -0.441. The van der Waals surface area contributed by atoms with Gasteiger partial charge in [-0.05, 0) is 38.8 Å². The van der Waals surface area contributed by atoms with Gasteiger partial charge in [0.2, 0.25) is 5.91 Å². The van der Waals surface area contributed by atoms with Crippen molar-refractivity contribution >= 4 is 17.7 Å². The number of nitrogens with zero attached hydrogens (tertiary/aromatic N) is 1. The van der Waals surface area contributed by atoms with Gasteiger partial charge >= 0.3 is 5.97 Å². The zero-order valence-corrected chi connectivity index (χ0v) is 13.8. The van der Waals surface area contributed by atoms with E-state index in [1.807, 2.05) is 0 Å². The number of esters is 1. The van der Waals surface area contributed by atoms with E-state index in [-0.39, 0.29) is 24.6 Å². The number of hydrogen-bond donors (Lipinski definition) is 2. The molecule has 2 N–H and O–H groups in total. The van der Waals surface area contributed by atoms with Gasteiger partial charge in [-0.25, -0.2) is 9.78 Å². The number of amides is 1. The van der Waals surface area contributed by atoms with Crippen LogP contribution in [0.5, 0.6) is 0 Å². The molecular weight excluding hydrogens is 294 g/mol. The third-order valence-corrected chi connectivity index (χ3v) is 3.76. The number of pyridine rings is 1. The van der Waals surface area contributed by atoms with Crippen molar-refractivity contribution < 1.29 is 14.3 Å². The van der Waals surface area contributed by atoms with Gasteiger partial charge in [0.15, 0.2) is 0 Å². The van der Waals surface area contributed by atoms with Crippen molar-refractivity contribution in [3.8, 4) is 0 Å². The lowest BCUT2D eigenvalue weighted by atomic mass is 9.95. The standard InChI is InChI=1S/C17H25N3O3/c1-12(2)23-17(22)14-9-6-10-18-16(14)19-11-15(21)20-13-7-4-3-5-8-13/h6,9-10,12-13H,3-5,7-8,11H2,1-2H3,(H,18,19)(H,20,21). The highest BCUT2D eigenvalue weighted by Gasteiger charge is 2.18. The van der Waals surface area contributed by atoms with E-state index in [1.165, 1.54) is 19.3 Å². The Morgan fingerprint density at radius 2 is 2.04 bits per heavy atom. The maximum absolute atomic E-state index is 12.0. The van der Waals surface area contributed by atoms with E-state index in [4.69, 9.17) is 4.74 Å². The molecular formula is C17H25N3O3. The van der Waals surface area contributed by atoms with Crippen LogP contribution in [0.2, 0.25) is 0 Å². The molecule has 0 radical (unpaired) electrons. The van der Waals surface area contributed by atoms with Gasteiger partial charge in [0, 0.05) is 12.2 Å². The van der Waals surface area contributed by atoms with Crippen molar-refractivity contribution in [2.45, 2.75) is 58.1 Å². The van der Waals surface area contributed by atoms with Gasteiger partial charge in [-0.1, -0.05) is 19.3 Å². The van der Waals surface area contributed by atoms with Crippen LogP contribution in [0.25, 0.3) is 0 Å². The fourth-order valence-corrected chi connectivity index (χ4v) is 2.68. The number of anilines is 1. The second kappa shape index (κ2) is 8.50. The Morgan fingerprint density at radius 1 is 1.30 bits per heavy atom. The molecule has 6 heteroatoms. The Balaban J connectivity index is 1.89. The quantitative estimate of drug-likeness (QED) is 0.788. The Kier molecular flexibility index (Phi) is 6.38. The number of ether oxygens (including phenoxy) is 1. The molecule has 23 heavy (non-hydrogen) atoms. The van der Waals surface area contributed by atoms with Crippen molar-refractivity contribution in [1.29, 1.82) is 0 Å². The molecule has 0 spiro atoms. The highest BCUT2D eigenvalue weighted by Crippen LogP contribution is 2.17. The van der Waals surface area contributed by atoms with Crippen molar-refractivity contribution in [2.75, 3.05) is 11.9 Å². The molecule has 1 aromatic rings. The van der Waals surface area contributed by atoms with Crippen LogP contribution < -0.4 is 10.6 Å². The summed E-state index contributed by atoms with van der Waals surface area (Å²) in [6, 6.07) is 3.58. The second-order valence-corrected chi connectivity index (χ2v) is 6.11. The zero-order valence-electron chi connectivity index (χ0n) is 13.8. The summed E-state index contributed by atoms with van der Waals surface area (Å²) in [4.78, 5) is 28.2. The molecule has 0 aliphatic heterocycles. The molecule has 0 aromatic carbocycles. The average Bonchev–Trinajstić information content (AvgIpc) is 2.53. The highest BCUT2D eigenvalue weighted by molar-refractivity contribution is 5.95. The first-order chi connectivity index (χ1) is 11.1. The van der Waals surface area contributed by atoms with Crippen molar-refractivity contribution in [3.05, 3.63) is 23.9 Å². The molecule has 1 aliphatic rings. The molecule has 6 nitrogen and oxygen atoms in total. The van der Waals surface area contributed by atoms with Gasteiger partial charge in [-0.15, -0.1) is 0 Å². The van der Waals surface area contributed by atoms with E-state index in [0.29, 0.717) is 11.4 Å². The molecule has 1 amide bonds. The van der Waals surface area contributed by atoms with E-state index in [1.54, 1.807) is 32.2 Å². The number of aromatic nitrogens is 1. The summed E-state index contributed by atoms with van der Waals surface area (Å²) in [5.74, 6) is -0.147. The monoisotopic (exact) mass is 319 g/mol. The maximum atomic E-state index is 12.0. The van der Waals surface area contributed by atoms with Gasteiger partial charge in [-0.2, -0.15) is 0 Å². The largest absolute Gasteiger partial charge is 0.459 e. The van der Waals surface area contributed by atoms with Crippen LogP contribution in [0.15, 0.2) is 18.3 Å². The summed E-state index contributed by atoms with van der Waals surface area (Å²) >= 11 is 0. The minimum Gasteiger partial charge on any atom is -0.459 e. The summed E-state index contributed by atoms with van der Waals surface area (Å²) in [5.41, 5.74) is 0.340. The molecule has 0 saturated heterocycles. The van der Waals surface area contributed by atoms with E-state index in [0.717, 1.165) is 12.8 Å². The van der Waals surface area contributed by atoms with Gasteiger partial charge in [0.1, 0.15) is 11.4 Å². The fourth-order valence-electron chi connectivity index (χ4n) is 2.68. The highest BCUT2D eigenvalue weighted by atomic mass is 16.5. The number of hydrogen-bond acceptors (Lipinski definition) is 5. The molecule has 1 saturated carbocycles. The minimum absolute atomic E-state index is 0.0780. The average molecular weight is 319 g/mol. The first-order valence-electron chi connectivity index (χ1n) is 8.25. The van der Waals surface area contributed by atoms with E-state index in [2.05, 4.69) is 15.6 Å². The molecule has 1 aromatic heterocycles. The molecule has 0 unspecified atom stereocenters. The smallest absolute Gasteiger partial charge is 0.342 e. The SMILES string of the molecule is CC(C)OC(=O)c1cccnc1NCC(=O)NC1CCCCC1. The first-order valence-corrected chi connectivity index (χ1v) is 8.25. The zero-order chi connectivity index (χ0) is 16.7. The maximum Gasteiger partial charge on any atom is 0.342 e. The summed E-state index contributed by atoms with van der Waals surface area (Å²) in [6.07, 6.45) is 7.05. The molecule has 1 aliphatic carbocycles. The van der Waals surface area contributed by atoms with E-state index in [9.17, 15) is 9.59 Å². The number of carbonyl (C=O) groups excluding carboxylic acids is 2. The van der Waals surface area contributed by atoms with Crippen molar-refractivity contribution in [3.63, 3.8) is 0 Å². The number of rotatable bonds is 6. The van der Waals surface area contributed by atoms with Crippen LogP contribution in [0.3, 0.4) is 0 Å². The lowest BCUT2D eigenvalue weighted by Gasteiger charge is -2.23. The number of nitrogens with one attached hydrogen (secondary N) is 2. The topological polar surface area (TPSA) is 80.3 Å². The first kappa shape index (κ1) is 17.2. The van der Waals surface area contributed by atoms with Crippen LogP contribution in [0.1, 0.15) is 56.3 Å². The summed E-state index contributed by atoms with van der Waals surface area (Å²) < 4.78 is 5.19.